The summed E-state index contributed by atoms with van der Waals surface area (Å²) in [5.41, 5.74) is 0.307. The molecule has 0 atom stereocenters. The molecule has 0 bridgehead atoms. The monoisotopic (exact) mass is 269 g/mol. The summed E-state index contributed by atoms with van der Waals surface area (Å²) in [7, 11) is 1.73. The van der Waals surface area contributed by atoms with Crippen LogP contribution in [0.3, 0.4) is 0 Å². The van der Waals surface area contributed by atoms with Crippen LogP contribution in [0.2, 0.25) is 0 Å². The molecule has 0 aliphatic heterocycles. The van der Waals surface area contributed by atoms with Gasteiger partial charge in [-0.15, -0.1) is 0 Å². The molecule has 19 heavy (non-hydrogen) atoms. The van der Waals surface area contributed by atoms with Crippen LogP contribution in [0.15, 0.2) is 0 Å². The van der Waals surface area contributed by atoms with Gasteiger partial charge in [-0.1, -0.05) is 34.6 Å². The highest BCUT2D eigenvalue weighted by Gasteiger charge is 2.45. The number of hydrogen-bond acceptors (Lipinski definition) is 2. The Morgan fingerprint density at radius 2 is 1.89 bits per heavy atom. The van der Waals surface area contributed by atoms with Crippen LogP contribution in [0, 0.1) is 16.7 Å². The van der Waals surface area contributed by atoms with E-state index in [-0.39, 0.29) is 10.8 Å². The Hall–Kier alpha value is -0.570. The van der Waals surface area contributed by atoms with Gasteiger partial charge in [0, 0.05) is 32.0 Å². The van der Waals surface area contributed by atoms with Crippen molar-refractivity contribution < 1.29 is 9.53 Å². The lowest BCUT2D eigenvalue weighted by molar-refractivity contribution is -0.135. The molecular weight excluding hydrogens is 238 g/mol. The highest BCUT2D eigenvalue weighted by Crippen LogP contribution is 2.49. The van der Waals surface area contributed by atoms with Gasteiger partial charge in [0.15, 0.2) is 0 Å². The van der Waals surface area contributed by atoms with E-state index in [2.05, 4.69) is 39.5 Å². The highest BCUT2D eigenvalue weighted by atomic mass is 16.5. The topological polar surface area (TPSA) is 29.5 Å². The van der Waals surface area contributed by atoms with Crippen LogP contribution >= 0.6 is 0 Å². The second kappa shape index (κ2) is 6.25. The molecule has 1 rings (SSSR count). The molecule has 0 saturated heterocycles. The third kappa shape index (κ3) is 5.94. The summed E-state index contributed by atoms with van der Waals surface area (Å²) < 4.78 is 5.26. The maximum atomic E-state index is 12.6. The summed E-state index contributed by atoms with van der Waals surface area (Å²) in [5, 5.41) is 0. The van der Waals surface area contributed by atoms with E-state index in [1.165, 1.54) is 0 Å². The molecule has 0 aromatic heterocycles. The Morgan fingerprint density at radius 1 is 1.32 bits per heavy atom. The summed E-state index contributed by atoms with van der Waals surface area (Å²) >= 11 is 0. The average molecular weight is 269 g/mol. The van der Waals surface area contributed by atoms with Gasteiger partial charge in [0.05, 0.1) is 6.61 Å². The fourth-order valence-electron chi connectivity index (χ4n) is 2.56. The molecule has 0 unspecified atom stereocenters. The maximum absolute atomic E-state index is 12.6. The first-order chi connectivity index (χ1) is 8.67. The molecule has 112 valence electrons. The van der Waals surface area contributed by atoms with Crippen molar-refractivity contribution in [2.24, 2.45) is 16.7 Å². The summed E-state index contributed by atoms with van der Waals surface area (Å²) in [5.74, 6) is 0.821. The number of nitrogens with zero attached hydrogens (tertiary/aromatic N) is 1. The van der Waals surface area contributed by atoms with Crippen LogP contribution < -0.4 is 0 Å². The molecule has 3 nitrogen and oxygen atoms in total. The maximum Gasteiger partial charge on any atom is 0.223 e. The first-order valence-corrected chi connectivity index (χ1v) is 7.44. The molecule has 0 aromatic rings. The minimum Gasteiger partial charge on any atom is -0.384 e. The van der Waals surface area contributed by atoms with Crippen molar-refractivity contribution in [3.63, 3.8) is 0 Å². The zero-order chi connectivity index (χ0) is 14.7. The van der Waals surface area contributed by atoms with E-state index in [4.69, 9.17) is 4.74 Å². The molecule has 0 aromatic carbocycles. The van der Waals surface area contributed by atoms with Crippen molar-refractivity contribution in [3.05, 3.63) is 0 Å². The molecule has 1 aliphatic carbocycles. The van der Waals surface area contributed by atoms with Crippen LogP contribution in [-0.2, 0) is 9.53 Å². The molecule has 0 N–H and O–H groups in total. The van der Waals surface area contributed by atoms with Crippen molar-refractivity contribution in [1.29, 1.82) is 0 Å². The summed E-state index contributed by atoms with van der Waals surface area (Å²) in [4.78, 5) is 14.6. The van der Waals surface area contributed by atoms with Gasteiger partial charge in [0.1, 0.15) is 0 Å². The Kier molecular flexibility index (Phi) is 5.43. The zero-order valence-electron chi connectivity index (χ0n) is 13.6. The molecular formula is C16H31NO2. The van der Waals surface area contributed by atoms with Gasteiger partial charge in [-0.25, -0.2) is 0 Å². The van der Waals surface area contributed by atoms with Gasteiger partial charge in [0.2, 0.25) is 5.91 Å². The van der Waals surface area contributed by atoms with Gasteiger partial charge < -0.3 is 9.64 Å². The van der Waals surface area contributed by atoms with E-state index in [0.29, 0.717) is 18.2 Å². The fourth-order valence-corrected chi connectivity index (χ4v) is 2.56. The molecule has 1 amide bonds. The van der Waals surface area contributed by atoms with Crippen LogP contribution in [0.5, 0.6) is 0 Å². The summed E-state index contributed by atoms with van der Waals surface area (Å²) in [6.45, 7) is 13.3. The largest absolute Gasteiger partial charge is 0.384 e. The van der Waals surface area contributed by atoms with Crippen LogP contribution in [-0.4, -0.2) is 37.6 Å². The number of rotatable bonds is 7. The number of ether oxygens (including phenoxy) is 1. The summed E-state index contributed by atoms with van der Waals surface area (Å²) in [6, 6.07) is 0. The fraction of sp³-hybridized carbons (Fsp3) is 0.938. The van der Waals surface area contributed by atoms with Gasteiger partial charge in [-0.3, -0.25) is 4.79 Å². The van der Waals surface area contributed by atoms with Crippen molar-refractivity contribution in [2.75, 3.05) is 26.8 Å². The summed E-state index contributed by atoms with van der Waals surface area (Å²) in [6.07, 6.45) is 2.93. The predicted molar refractivity (Wildman–Crippen MR) is 79.0 cm³/mol. The molecule has 3 heteroatoms. The van der Waals surface area contributed by atoms with E-state index in [9.17, 15) is 4.79 Å². The van der Waals surface area contributed by atoms with Crippen molar-refractivity contribution in [3.8, 4) is 0 Å². The standard InChI is InChI=1S/C16H31NO2/c1-13(2)10-17(11-15(3,4)5)14(18)9-16(7-8-16)12-19-6/h13H,7-12H2,1-6H3. The molecule has 1 fully saturated rings. The molecule has 1 saturated carbocycles. The number of carbonyl (C=O) groups excluding carboxylic acids is 1. The minimum atomic E-state index is 0.152. The smallest absolute Gasteiger partial charge is 0.223 e. The van der Waals surface area contributed by atoms with Crippen molar-refractivity contribution in [1.82, 2.24) is 4.90 Å². The Bertz CT molecular complexity index is 300. The van der Waals surface area contributed by atoms with Crippen LogP contribution in [0.25, 0.3) is 0 Å². The minimum absolute atomic E-state index is 0.152. The first kappa shape index (κ1) is 16.5. The van der Waals surface area contributed by atoms with E-state index >= 15 is 0 Å². The Labute approximate surface area is 118 Å². The normalized spacial score (nSPS) is 17.6. The van der Waals surface area contributed by atoms with Crippen molar-refractivity contribution >= 4 is 5.91 Å². The second-order valence-corrected chi connectivity index (χ2v) is 7.84. The number of amides is 1. The van der Waals surface area contributed by atoms with E-state index in [1.54, 1.807) is 7.11 Å². The first-order valence-electron chi connectivity index (χ1n) is 7.44. The van der Waals surface area contributed by atoms with E-state index in [1.807, 2.05) is 0 Å². The average Bonchev–Trinajstić information content (AvgIpc) is 2.94. The van der Waals surface area contributed by atoms with Crippen molar-refractivity contribution in [2.45, 2.75) is 53.9 Å². The Morgan fingerprint density at radius 3 is 2.26 bits per heavy atom. The molecule has 0 heterocycles. The van der Waals surface area contributed by atoms with Gasteiger partial charge in [0.25, 0.3) is 0 Å². The SMILES string of the molecule is COCC1(CC(=O)N(CC(C)C)CC(C)(C)C)CC1. The third-order valence-electron chi connectivity index (χ3n) is 3.54. The quantitative estimate of drug-likeness (QED) is 0.709. The second-order valence-electron chi connectivity index (χ2n) is 7.84. The van der Waals surface area contributed by atoms with Gasteiger partial charge >= 0.3 is 0 Å². The zero-order valence-corrected chi connectivity index (χ0v) is 13.6. The molecule has 0 spiro atoms. The van der Waals surface area contributed by atoms with Gasteiger partial charge in [-0.05, 0) is 24.2 Å². The number of methoxy groups -OCH3 is 1. The highest BCUT2D eigenvalue weighted by molar-refractivity contribution is 5.77. The van der Waals surface area contributed by atoms with E-state index < -0.39 is 0 Å². The number of hydrogen-bond donors (Lipinski definition) is 0. The van der Waals surface area contributed by atoms with Gasteiger partial charge in [-0.2, -0.15) is 0 Å². The van der Waals surface area contributed by atoms with Crippen LogP contribution in [0.1, 0.15) is 53.9 Å². The number of carbonyl (C=O) groups is 1. The lowest BCUT2D eigenvalue weighted by atomic mass is 9.94. The Balaban J connectivity index is 2.61. The predicted octanol–water partition coefficient (Wildman–Crippen LogP) is 3.33. The molecule has 1 aliphatic rings. The lowest BCUT2D eigenvalue weighted by Crippen LogP contribution is -2.41. The van der Waals surface area contributed by atoms with E-state index in [0.717, 1.165) is 32.5 Å². The van der Waals surface area contributed by atoms with Crippen LogP contribution in [0.4, 0.5) is 0 Å². The third-order valence-corrected chi connectivity index (χ3v) is 3.54. The molecule has 0 radical (unpaired) electrons. The lowest BCUT2D eigenvalue weighted by Gasteiger charge is -2.32.